The predicted octanol–water partition coefficient (Wildman–Crippen LogP) is 2.80. The van der Waals surface area contributed by atoms with E-state index in [1.54, 1.807) is 0 Å². The van der Waals surface area contributed by atoms with Crippen LogP contribution in [0.3, 0.4) is 0 Å². The molecule has 20 heavy (non-hydrogen) atoms. The summed E-state index contributed by atoms with van der Waals surface area (Å²) in [5.74, 6) is -2.01. The van der Waals surface area contributed by atoms with Crippen LogP contribution >= 0.6 is 0 Å². The highest BCUT2D eigenvalue weighted by atomic mass is 19.2. The van der Waals surface area contributed by atoms with Crippen LogP contribution in [-0.4, -0.2) is 17.0 Å². The molecule has 0 aliphatic carbocycles. The first kappa shape index (κ1) is 15.6. The van der Waals surface area contributed by atoms with Gasteiger partial charge in [0.05, 0.1) is 11.3 Å². The number of unbranched alkanes of at least 4 members (excludes halogenated alkanes) is 2. The van der Waals surface area contributed by atoms with Crippen molar-refractivity contribution >= 4 is 17.6 Å². The smallest absolute Gasteiger partial charge is 0.337 e. The summed E-state index contributed by atoms with van der Waals surface area (Å²) >= 11 is 0. The number of hydrogen-bond acceptors (Lipinski definition) is 2. The molecule has 6 heteroatoms. The second kappa shape index (κ2) is 7.24. The third kappa shape index (κ3) is 4.35. The fraction of sp³-hybridized carbons (Fsp3) is 0.286. The lowest BCUT2D eigenvalue weighted by atomic mass is 10.1. The molecule has 0 bridgehead atoms. The number of hydrogen-bond donors (Lipinski definition) is 2. The van der Waals surface area contributed by atoms with E-state index < -0.39 is 29.1 Å². The Hall–Kier alpha value is -2.42. The first-order valence-electron chi connectivity index (χ1n) is 5.91. The van der Waals surface area contributed by atoms with Crippen LogP contribution in [0.2, 0.25) is 0 Å². The minimum absolute atomic E-state index is 0.125. The van der Waals surface area contributed by atoms with Crippen molar-refractivity contribution in [1.82, 2.24) is 0 Å². The van der Waals surface area contributed by atoms with Crippen molar-refractivity contribution in [3.05, 3.63) is 29.3 Å². The van der Waals surface area contributed by atoms with E-state index in [2.05, 4.69) is 11.2 Å². The summed E-state index contributed by atoms with van der Waals surface area (Å²) in [4.78, 5) is 22.5. The van der Waals surface area contributed by atoms with Gasteiger partial charge in [0.2, 0.25) is 5.91 Å². The number of carboxylic acids is 1. The largest absolute Gasteiger partial charge is 0.478 e. The molecule has 106 valence electrons. The Morgan fingerprint density at radius 2 is 1.90 bits per heavy atom. The molecule has 1 amide bonds. The van der Waals surface area contributed by atoms with Crippen LogP contribution in [0.4, 0.5) is 14.5 Å². The first-order chi connectivity index (χ1) is 9.45. The van der Waals surface area contributed by atoms with Gasteiger partial charge < -0.3 is 10.4 Å². The van der Waals surface area contributed by atoms with Crippen LogP contribution in [-0.2, 0) is 4.79 Å². The minimum atomic E-state index is -1.45. The molecule has 0 aromatic heterocycles. The molecular formula is C14H13F2NO3. The van der Waals surface area contributed by atoms with Gasteiger partial charge in [-0.05, 0) is 18.9 Å². The van der Waals surface area contributed by atoms with E-state index in [1.165, 1.54) is 0 Å². The number of rotatable bonds is 6. The maximum atomic E-state index is 13.1. The molecule has 4 nitrogen and oxygen atoms in total. The van der Waals surface area contributed by atoms with Gasteiger partial charge in [0.25, 0.3) is 0 Å². The lowest BCUT2D eigenvalue weighted by molar-refractivity contribution is -0.116. The molecule has 0 fully saturated rings. The fourth-order valence-corrected chi connectivity index (χ4v) is 1.55. The van der Waals surface area contributed by atoms with E-state index in [0.717, 1.165) is 0 Å². The van der Waals surface area contributed by atoms with Crippen molar-refractivity contribution < 1.29 is 23.5 Å². The number of aromatic carboxylic acids is 1. The summed E-state index contributed by atoms with van der Waals surface area (Å²) in [6.07, 6.45) is 6.92. The zero-order chi connectivity index (χ0) is 15.1. The molecule has 0 aliphatic heterocycles. The summed E-state index contributed by atoms with van der Waals surface area (Å²) in [7, 11) is 0. The normalized spacial score (nSPS) is 9.85. The Bertz CT molecular complexity index is 564. The number of terminal acetylenes is 1. The molecule has 0 atom stereocenters. The van der Waals surface area contributed by atoms with Gasteiger partial charge in [0.1, 0.15) is 0 Å². The number of nitrogens with one attached hydrogen (secondary N) is 1. The molecule has 1 aromatic rings. The summed E-state index contributed by atoms with van der Waals surface area (Å²) in [5, 5.41) is 11.1. The van der Waals surface area contributed by atoms with Gasteiger partial charge >= 0.3 is 5.97 Å². The second-order valence-corrected chi connectivity index (χ2v) is 4.08. The van der Waals surface area contributed by atoms with Gasteiger partial charge in [-0.15, -0.1) is 12.3 Å². The van der Waals surface area contributed by atoms with Crippen LogP contribution in [0.1, 0.15) is 36.0 Å². The average Bonchev–Trinajstić information content (AvgIpc) is 2.38. The zero-order valence-electron chi connectivity index (χ0n) is 10.6. The van der Waals surface area contributed by atoms with Gasteiger partial charge in [-0.3, -0.25) is 4.79 Å². The van der Waals surface area contributed by atoms with E-state index in [1.807, 2.05) is 0 Å². The van der Waals surface area contributed by atoms with E-state index in [0.29, 0.717) is 31.4 Å². The van der Waals surface area contributed by atoms with Gasteiger partial charge in [-0.2, -0.15) is 0 Å². The average molecular weight is 281 g/mol. The van der Waals surface area contributed by atoms with E-state index in [-0.39, 0.29) is 12.1 Å². The van der Waals surface area contributed by atoms with Crippen molar-refractivity contribution in [3.63, 3.8) is 0 Å². The Labute approximate surface area is 114 Å². The maximum Gasteiger partial charge on any atom is 0.337 e. The predicted molar refractivity (Wildman–Crippen MR) is 69.2 cm³/mol. The molecule has 0 aliphatic rings. The third-order valence-electron chi connectivity index (χ3n) is 2.54. The molecule has 1 aromatic carbocycles. The number of carboxylic acid groups (broad SMARTS) is 1. The Morgan fingerprint density at radius 3 is 2.50 bits per heavy atom. The molecule has 0 radical (unpaired) electrons. The van der Waals surface area contributed by atoms with Crippen LogP contribution in [0.15, 0.2) is 12.1 Å². The number of halogens is 2. The van der Waals surface area contributed by atoms with E-state index in [4.69, 9.17) is 11.5 Å². The molecule has 2 N–H and O–H groups in total. The van der Waals surface area contributed by atoms with Gasteiger partial charge in [0, 0.05) is 18.9 Å². The molecule has 0 unspecified atom stereocenters. The molecule has 0 saturated carbocycles. The van der Waals surface area contributed by atoms with Crippen LogP contribution < -0.4 is 5.32 Å². The van der Waals surface area contributed by atoms with E-state index in [9.17, 15) is 18.4 Å². The highest BCUT2D eigenvalue weighted by molar-refractivity contribution is 6.00. The maximum absolute atomic E-state index is 13.1. The second-order valence-electron chi connectivity index (χ2n) is 4.08. The van der Waals surface area contributed by atoms with Crippen molar-refractivity contribution in [1.29, 1.82) is 0 Å². The van der Waals surface area contributed by atoms with Crippen LogP contribution in [0.25, 0.3) is 0 Å². The zero-order valence-corrected chi connectivity index (χ0v) is 10.6. The summed E-state index contributed by atoms with van der Waals surface area (Å²) in [6, 6.07) is 1.18. The van der Waals surface area contributed by atoms with Crippen molar-refractivity contribution in [2.75, 3.05) is 5.32 Å². The van der Waals surface area contributed by atoms with Crippen LogP contribution in [0, 0.1) is 24.0 Å². The highest BCUT2D eigenvalue weighted by Gasteiger charge is 2.16. The lowest BCUT2D eigenvalue weighted by Crippen LogP contribution is -2.15. The summed E-state index contributed by atoms with van der Waals surface area (Å²) < 4.78 is 26.1. The number of benzene rings is 1. The quantitative estimate of drug-likeness (QED) is 0.622. The minimum Gasteiger partial charge on any atom is -0.478 e. The number of anilines is 1. The SMILES string of the molecule is C#CCCCCC(=O)Nc1cc(F)c(F)cc1C(=O)O. The van der Waals surface area contributed by atoms with E-state index >= 15 is 0 Å². The standard InChI is InChI=1S/C14H13F2NO3/c1-2-3-4-5-6-13(18)17-12-8-11(16)10(15)7-9(12)14(19)20/h1,7-8H,3-6H2,(H,17,18)(H,19,20). The van der Waals surface area contributed by atoms with Crippen LogP contribution in [0.5, 0.6) is 0 Å². The fourth-order valence-electron chi connectivity index (χ4n) is 1.55. The third-order valence-corrected chi connectivity index (χ3v) is 2.54. The molecule has 0 spiro atoms. The van der Waals surface area contributed by atoms with Gasteiger partial charge in [0.15, 0.2) is 11.6 Å². The Kier molecular flexibility index (Phi) is 5.66. The molecule has 1 rings (SSSR count). The molecular weight excluding hydrogens is 268 g/mol. The first-order valence-corrected chi connectivity index (χ1v) is 5.91. The topological polar surface area (TPSA) is 66.4 Å². The Morgan fingerprint density at radius 1 is 1.25 bits per heavy atom. The highest BCUT2D eigenvalue weighted by Crippen LogP contribution is 2.20. The van der Waals surface area contributed by atoms with Crippen molar-refractivity contribution in [3.8, 4) is 12.3 Å². The monoisotopic (exact) mass is 281 g/mol. The number of carbonyl (C=O) groups is 2. The summed E-state index contributed by atoms with van der Waals surface area (Å²) in [6.45, 7) is 0. The number of amides is 1. The summed E-state index contributed by atoms with van der Waals surface area (Å²) in [5.41, 5.74) is -0.765. The van der Waals surface area contributed by atoms with Crippen molar-refractivity contribution in [2.24, 2.45) is 0 Å². The van der Waals surface area contributed by atoms with Crippen molar-refractivity contribution in [2.45, 2.75) is 25.7 Å². The molecule has 0 saturated heterocycles. The number of carbonyl (C=O) groups excluding carboxylic acids is 1. The molecule has 0 heterocycles. The Balaban J connectivity index is 2.76. The van der Waals surface area contributed by atoms with Gasteiger partial charge in [-0.1, -0.05) is 0 Å². The lowest BCUT2D eigenvalue weighted by Gasteiger charge is -2.09. The van der Waals surface area contributed by atoms with Gasteiger partial charge in [-0.25, -0.2) is 13.6 Å².